The Hall–Kier alpha value is -2.97. The van der Waals surface area contributed by atoms with Gasteiger partial charge in [0, 0.05) is 24.7 Å². The monoisotopic (exact) mass is 384 g/mol. The molecule has 3 heterocycles. The van der Waals surface area contributed by atoms with Crippen LogP contribution in [0.4, 0.5) is 4.79 Å². The van der Waals surface area contributed by atoms with Gasteiger partial charge in [-0.1, -0.05) is 37.3 Å². The van der Waals surface area contributed by atoms with E-state index in [1.807, 2.05) is 42.2 Å². The van der Waals surface area contributed by atoms with Crippen LogP contribution in [0.25, 0.3) is 11.4 Å². The summed E-state index contributed by atoms with van der Waals surface area (Å²) in [5.74, 6) is 0.469. The number of carbonyl (C=O) groups excluding carboxylic acids is 2. The van der Waals surface area contributed by atoms with Crippen LogP contribution in [0.15, 0.2) is 30.3 Å². The van der Waals surface area contributed by atoms with Crippen LogP contribution in [-0.4, -0.2) is 73.8 Å². The Bertz CT molecular complexity index is 831. The highest BCUT2D eigenvalue weighted by atomic mass is 16.6. The lowest BCUT2D eigenvalue weighted by Gasteiger charge is -2.35. The van der Waals surface area contributed by atoms with Gasteiger partial charge in [-0.2, -0.15) is 4.80 Å². The van der Waals surface area contributed by atoms with Gasteiger partial charge in [0.25, 0.3) is 0 Å². The number of hydrogen-bond donors (Lipinski definition) is 0. The van der Waals surface area contributed by atoms with Gasteiger partial charge in [-0.25, -0.2) is 4.79 Å². The predicted molar refractivity (Wildman–Crippen MR) is 100 cm³/mol. The van der Waals surface area contributed by atoms with Crippen molar-refractivity contribution in [1.29, 1.82) is 0 Å². The Kier molecular flexibility index (Phi) is 5.23. The maximum Gasteiger partial charge on any atom is 0.410 e. The van der Waals surface area contributed by atoms with Crippen LogP contribution in [0.1, 0.15) is 26.2 Å². The molecule has 0 spiro atoms. The van der Waals surface area contributed by atoms with Crippen LogP contribution in [0.3, 0.4) is 0 Å². The molecule has 1 atom stereocenters. The van der Waals surface area contributed by atoms with Gasteiger partial charge in [-0.15, -0.1) is 10.2 Å². The average Bonchev–Trinajstić information content (AvgIpc) is 3.35. The lowest BCUT2D eigenvalue weighted by atomic mass is 10.0. The molecule has 0 aliphatic carbocycles. The molecular formula is C19H24N6O3. The van der Waals surface area contributed by atoms with E-state index in [1.165, 1.54) is 4.80 Å². The molecule has 2 aliphatic heterocycles. The molecule has 2 amide bonds. The van der Waals surface area contributed by atoms with E-state index < -0.39 is 0 Å². The van der Waals surface area contributed by atoms with E-state index in [1.54, 1.807) is 4.90 Å². The molecule has 2 aliphatic rings. The summed E-state index contributed by atoms with van der Waals surface area (Å²) in [5, 5.41) is 12.3. The van der Waals surface area contributed by atoms with Crippen molar-refractivity contribution in [2.24, 2.45) is 0 Å². The molecule has 9 heteroatoms. The Morgan fingerprint density at radius 2 is 1.96 bits per heavy atom. The summed E-state index contributed by atoms with van der Waals surface area (Å²) < 4.78 is 5.35. The van der Waals surface area contributed by atoms with E-state index in [-0.39, 0.29) is 30.7 Å². The van der Waals surface area contributed by atoms with E-state index in [9.17, 15) is 9.59 Å². The van der Waals surface area contributed by atoms with Gasteiger partial charge in [0.15, 0.2) is 0 Å². The second-order valence-corrected chi connectivity index (χ2v) is 7.19. The number of rotatable bonds is 5. The number of piperidine rings is 1. The molecule has 2 saturated heterocycles. The van der Waals surface area contributed by atoms with E-state index in [2.05, 4.69) is 15.4 Å². The van der Waals surface area contributed by atoms with Crippen LogP contribution in [0.5, 0.6) is 0 Å². The fraction of sp³-hybridized carbons (Fsp3) is 0.526. The molecular weight excluding hydrogens is 360 g/mol. The maximum absolute atomic E-state index is 12.6. The van der Waals surface area contributed by atoms with Gasteiger partial charge in [-0.3, -0.25) is 4.79 Å². The van der Waals surface area contributed by atoms with Gasteiger partial charge in [0.05, 0.1) is 6.54 Å². The SMILES string of the molecule is CCC1CN(C2CCN(C(=O)Cn3nnc(-c4ccccc4)n3)CC2)C(=O)O1. The summed E-state index contributed by atoms with van der Waals surface area (Å²) >= 11 is 0. The van der Waals surface area contributed by atoms with Crippen molar-refractivity contribution in [3.8, 4) is 11.4 Å². The average molecular weight is 384 g/mol. The van der Waals surface area contributed by atoms with Crippen molar-refractivity contribution < 1.29 is 14.3 Å². The van der Waals surface area contributed by atoms with Gasteiger partial charge >= 0.3 is 6.09 Å². The molecule has 0 bridgehead atoms. The van der Waals surface area contributed by atoms with Gasteiger partial charge < -0.3 is 14.5 Å². The van der Waals surface area contributed by atoms with Crippen molar-refractivity contribution in [3.63, 3.8) is 0 Å². The first-order valence-corrected chi connectivity index (χ1v) is 9.72. The maximum atomic E-state index is 12.6. The first-order valence-electron chi connectivity index (χ1n) is 9.72. The first-order chi connectivity index (χ1) is 13.6. The Balaban J connectivity index is 1.30. The van der Waals surface area contributed by atoms with Crippen molar-refractivity contribution in [2.45, 2.75) is 44.9 Å². The van der Waals surface area contributed by atoms with Crippen LogP contribution in [0.2, 0.25) is 0 Å². The largest absolute Gasteiger partial charge is 0.444 e. The highest BCUT2D eigenvalue weighted by Gasteiger charge is 2.37. The second-order valence-electron chi connectivity index (χ2n) is 7.19. The molecule has 1 unspecified atom stereocenters. The Morgan fingerprint density at radius 3 is 2.64 bits per heavy atom. The standard InChI is InChI=1S/C19H24N6O3/c1-2-16-12-24(19(27)28-16)15-8-10-23(11-9-15)17(26)13-25-21-18(20-22-25)14-6-4-3-5-7-14/h3-7,15-16H,2,8-13H2,1H3. The third kappa shape index (κ3) is 3.83. The summed E-state index contributed by atoms with van der Waals surface area (Å²) in [6.07, 6.45) is 2.12. The lowest BCUT2D eigenvalue weighted by molar-refractivity contribution is -0.133. The van der Waals surface area contributed by atoms with E-state index in [4.69, 9.17) is 4.74 Å². The van der Waals surface area contributed by atoms with E-state index in [0.29, 0.717) is 25.5 Å². The zero-order valence-electron chi connectivity index (χ0n) is 15.9. The minimum absolute atomic E-state index is 0.00985. The van der Waals surface area contributed by atoms with Gasteiger partial charge in [-0.05, 0) is 24.5 Å². The van der Waals surface area contributed by atoms with Crippen LogP contribution in [0, 0.1) is 0 Å². The molecule has 0 N–H and O–H groups in total. The van der Waals surface area contributed by atoms with Crippen LogP contribution in [-0.2, 0) is 16.1 Å². The van der Waals surface area contributed by atoms with Crippen LogP contribution >= 0.6 is 0 Å². The predicted octanol–water partition coefficient (Wildman–Crippen LogP) is 1.56. The molecule has 1 aromatic carbocycles. The lowest BCUT2D eigenvalue weighted by Crippen LogP contribution is -2.48. The fourth-order valence-electron chi connectivity index (χ4n) is 3.71. The van der Waals surface area contributed by atoms with Crippen molar-refractivity contribution in [3.05, 3.63) is 30.3 Å². The Morgan fingerprint density at radius 1 is 1.21 bits per heavy atom. The summed E-state index contributed by atoms with van der Waals surface area (Å²) in [5.41, 5.74) is 0.866. The fourth-order valence-corrected chi connectivity index (χ4v) is 3.71. The molecule has 28 heavy (non-hydrogen) atoms. The molecule has 0 radical (unpaired) electrons. The second kappa shape index (κ2) is 7.95. The number of amides is 2. The topological polar surface area (TPSA) is 93.5 Å². The zero-order chi connectivity index (χ0) is 19.5. The number of hydrogen-bond acceptors (Lipinski definition) is 6. The summed E-state index contributed by atoms with van der Waals surface area (Å²) in [4.78, 5) is 29.6. The first kappa shape index (κ1) is 18.4. The summed E-state index contributed by atoms with van der Waals surface area (Å²) in [6.45, 7) is 3.96. The highest BCUT2D eigenvalue weighted by molar-refractivity contribution is 5.76. The molecule has 2 fully saturated rings. The molecule has 148 valence electrons. The third-order valence-electron chi connectivity index (χ3n) is 5.38. The number of tetrazole rings is 1. The van der Waals surface area contributed by atoms with E-state index >= 15 is 0 Å². The number of cyclic esters (lactones) is 1. The number of aromatic nitrogens is 4. The smallest absolute Gasteiger partial charge is 0.410 e. The number of ether oxygens (including phenoxy) is 1. The molecule has 2 aromatic rings. The van der Waals surface area contributed by atoms with Crippen molar-refractivity contribution in [1.82, 2.24) is 30.0 Å². The van der Waals surface area contributed by atoms with Crippen molar-refractivity contribution >= 4 is 12.0 Å². The summed E-state index contributed by atoms with van der Waals surface area (Å²) in [6, 6.07) is 9.68. The normalized spacial score (nSPS) is 20.5. The third-order valence-corrected chi connectivity index (χ3v) is 5.38. The minimum atomic E-state index is -0.225. The number of likely N-dealkylation sites (tertiary alicyclic amines) is 1. The van der Waals surface area contributed by atoms with Crippen molar-refractivity contribution in [2.75, 3.05) is 19.6 Å². The van der Waals surface area contributed by atoms with Crippen LogP contribution < -0.4 is 0 Å². The highest BCUT2D eigenvalue weighted by Crippen LogP contribution is 2.23. The quantitative estimate of drug-likeness (QED) is 0.777. The molecule has 0 saturated carbocycles. The molecule has 4 rings (SSSR count). The van der Waals surface area contributed by atoms with E-state index in [0.717, 1.165) is 24.8 Å². The number of carbonyl (C=O) groups is 2. The molecule has 1 aromatic heterocycles. The molecule has 9 nitrogen and oxygen atoms in total. The number of benzene rings is 1. The summed E-state index contributed by atoms with van der Waals surface area (Å²) in [7, 11) is 0. The van der Waals surface area contributed by atoms with Gasteiger partial charge in [0.2, 0.25) is 11.7 Å². The number of nitrogens with zero attached hydrogens (tertiary/aromatic N) is 6. The minimum Gasteiger partial charge on any atom is -0.444 e. The Labute approximate surface area is 163 Å². The van der Waals surface area contributed by atoms with Gasteiger partial charge in [0.1, 0.15) is 12.6 Å². The zero-order valence-corrected chi connectivity index (χ0v) is 15.9.